The van der Waals surface area contributed by atoms with Crippen molar-refractivity contribution in [2.24, 2.45) is 5.41 Å². The maximum absolute atomic E-state index is 12.7. The van der Waals surface area contributed by atoms with Crippen LogP contribution in [-0.4, -0.2) is 53.5 Å². The van der Waals surface area contributed by atoms with Gasteiger partial charge in [-0.3, -0.25) is 4.79 Å². The number of rotatable bonds is 10. The van der Waals surface area contributed by atoms with Crippen LogP contribution in [0.3, 0.4) is 0 Å². The first-order chi connectivity index (χ1) is 18.5. The van der Waals surface area contributed by atoms with Gasteiger partial charge in [-0.1, -0.05) is 38.8 Å². The number of fused-ring (bicyclic) bond motifs is 1. The summed E-state index contributed by atoms with van der Waals surface area (Å²) in [6, 6.07) is 9.30. The third-order valence-corrected chi connectivity index (χ3v) is 7.84. The van der Waals surface area contributed by atoms with E-state index in [2.05, 4.69) is 43.4 Å². The summed E-state index contributed by atoms with van der Waals surface area (Å²) in [4.78, 5) is 17.5. The Morgan fingerprint density at radius 2 is 2.08 bits per heavy atom. The number of carbonyl (C=O) groups is 1. The highest BCUT2D eigenvalue weighted by molar-refractivity contribution is 5.80. The van der Waals surface area contributed by atoms with Gasteiger partial charge in [-0.25, -0.2) is 4.98 Å². The fourth-order valence-electron chi connectivity index (χ4n) is 5.48. The van der Waals surface area contributed by atoms with E-state index in [1.165, 1.54) is 12.7 Å². The van der Waals surface area contributed by atoms with Crippen LogP contribution >= 0.6 is 0 Å². The van der Waals surface area contributed by atoms with Crippen LogP contribution in [-0.2, 0) is 22.4 Å². The Labute approximate surface area is 233 Å². The van der Waals surface area contributed by atoms with Crippen molar-refractivity contribution in [1.29, 1.82) is 0 Å². The SMILES string of the molecule is C#Cc1cccc(C[C@H](NC(=O)C(C)OC)[C@H](O)CN[C@H]2CC3(CCC3)Oc3ncc(CC(C)(C)C)cc32)c1. The summed E-state index contributed by atoms with van der Waals surface area (Å²) in [7, 11) is 1.49. The van der Waals surface area contributed by atoms with Crippen molar-refractivity contribution in [3.05, 3.63) is 58.8 Å². The lowest BCUT2D eigenvalue weighted by Gasteiger charge is -2.47. The van der Waals surface area contributed by atoms with Crippen LogP contribution in [0.15, 0.2) is 36.5 Å². The molecule has 3 N–H and O–H groups in total. The van der Waals surface area contributed by atoms with Gasteiger partial charge >= 0.3 is 0 Å². The molecule has 1 amide bonds. The van der Waals surface area contributed by atoms with Crippen LogP contribution in [0.4, 0.5) is 0 Å². The number of hydrogen-bond donors (Lipinski definition) is 3. The topological polar surface area (TPSA) is 92.7 Å². The molecular formula is C32H43N3O4. The molecule has 1 aromatic heterocycles. The van der Waals surface area contributed by atoms with Gasteiger partial charge in [0.05, 0.1) is 12.1 Å². The molecule has 4 atom stereocenters. The second kappa shape index (κ2) is 12.1. The predicted octanol–water partition coefficient (Wildman–Crippen LogP) is 4.11. The number of nitrogens with zero attached hydrogens (tertiary/aromatic N) is 1. The highest BCUT2D eigenvalue weighted by Crippen LogP contribution is 2.48. The summed E-state index contributed by atoms with van der Waals surface area (Å²) in [6.07, 6.45) is 11.4. The van der Waals surface area contributed by atoms with E-state index in [1.807, 2.05) is 30.5 Å². The first-order valence-electron chi connectivity index (χ1n) is 14.0. The van der Waals surface area contributed by atoms with Crippen molar-refractivity contribution < 1.29 is 19.4 Å². The Hall–Kier alpha value is -2.92. The van der Waals surface area contributed by atoms with Crippen molar-refractivity contribution in [2.75, 3.05) is 13.7 Å². The van der Waals surface area contributed by atoms with Gasteiger partial charge in [-0.05, 0) is 73.8 Å². The Bertz CT molecular complexity index is 1190. The Morgan fingerprint density at radius 1 is 1.31 bits per heavy atom. The number of pyridine rings is 1. The normalized spacial score (nSPS) is 20.1. The highest BCUT2D eigenvalue weighted by Gasteiger charge is 2.46. The van der Waals surface area contributed by atoms with Gasteiger partial charge in [0, 0.05) is 43.4 Å². The number of methoxy groups -OCH3 is 1. The van der Waals surface area contributed by atoms with E-state index < -0.39 is 18.2 Å². The molecule has 7 heteroatoms. The van der Waals surface area contributed by atoms with Crippen molar-refractivity contribution in [3.63, 3.8) is 0 Å². The molecule has 1 saturated carbocycles. The number of amides is 1. The molecule has 39 heavy (non-hydrogen) atoms. The summed E-state index contributed by atoms with van der Waals surface area (Å²) < 4.78 is 11.6. The second-order valence-corrected chi connectivity index (χ2v) is 12.4. The van der Waals surface area contributed by atoms with E-state index in [9.17, 15) is 9.90 Å². The number of nitrogens with one attached hydrogen (secondary N) is 2. The third kappa shape index (κ3) is 7.39. The van der Waals surface area contributed by atoms with E-state index in [0.717, 1.165) is 48.8 Å². The first kappa shape index (κ1) is 29.1. The van der Waals surface area contributed by atoms with Gasteiger partial charge in [0.15, 0.2) is 0 Å². The molecule has 0 radical (unpaired) electrons. The molecule has 2 heterocycles. The van der Waals surface area contributed by atoms with Crippen LogP contribution in [0.1, 0.15) is 81.7 Å². The Kier molecular flexibility index (Phi) is 9.00. The molecule has 2 aromatic rings. The molecule has 210 valence electrons. The lowest BCUT2D eigenvalue weighted by atomic mass is 9.73. The van der Waals surface area contributed by atoms with Crippen LogP contribution in [0, 0.1) is 17.8 Å². The van der Waals surface area contributed by atoms with E-state index in [0.29, 0.717) is 18.8 Å². The number of aliphatic hydroxyl groups excluding tert-OH is 1. The molecule has 0 saturated heterocycles. The number of benzene rings is 1. The first-order valence-corrected chi connectivity index (χ1v) is 14.0. The minimum Gasteiger partial charge on any atom is -0.471 e. The minimum atomic E-state index is -0.846. The zero-order chi connectivity index (χ0) is 28.2. The predicted molar refractivity (Wildman–Crippen MR) is 152 cm³/mol. The summed E-state index contributed by atoms with van der Waals surface area (Å²) in [5.41, 5.74) is 3.87. The molecular weight excluding hydrogens is 490 g/mol. The van der Waals surface area contributed by atoms with E-state index >= 15 is 0 Å². The fourth-order valence-corrected chi connectivity index (χ4v) is 5.48. The third-order valence-electron chi connectivity index (χ3n) is 7.84. The summed E-state index contributed by atoms with van der Waals surface area (Å²) in [6.45, 7) is 8.64. The summed E-state index contributed by atoms with van der Waals surface area (Å²) in [5.74, 6) is 3.07. The number of carbonyl (C=O) groups excluding carboxylic acids is 1. The lowest BCUT2D eigenvalue weighted by molar-refractivity contribution is -0.131. The largest absolute Gasteiger partial charge is 0.471 e. The molecule has 2 aliphatic rings. The molecule has 1 spiro atoms. The van der Waals surface area contributed by atoms with Crippen LogP contribution in [0.2, 0.25) is 0 Å². The van der Waals surface area contributed by atoms with Gasteiger partial charge in [0.25, 0.3) is 0 Å². The smallest absolute Gasteiger partial charge is 0.249 e. The Morgan fingerprint density at radius 3 is 2.72 bits per heavy atom. The van der Waals surface area contributed by atoms with Crippen LogP contribution < -0.4 is 15.4 Å². The molecule has 7 nitrogen and oxygen atoms in total. The van der Waals surface area contributed by atoms with Gasteiger partial charge < -0.3 is 25.2 Å². The second-order valence-electron chi connectivity index (χ2n) is 12.4. The zero-order valence-corrected chi connectivity index (χ0v) is 23.9. The molecule has 1 fully saturated rings. The number of terminal acetylenes is 1. The number of aliphatic hydroxyl groups is 1. The van der Waals surface area contributed by atoms with Crippen LogP contribution in [0.5, 0.6) is 5.88 Å². The fraction of sp³-hybridized carbons (Fsp3) is 0.562. The quantitative estimate of drug-likeness (QED) is 0.398. The zero-order valence-electron chi connectivity index (χ0n) is 23.9. The molecule has 1 aliphatic carbocycles. The average Bonchev–Trinajstić information content (AvgIpc) is 2.88. The van der Waals surface area contributed by atoms with Crippen molar-refractivity contribution >= 4 is 5.91 Å². The maximum atomic E-state index is 12.7. The summed E-state index contributed by atoms with van der Waals surface area (Å²) >= 11 is 0. The lowest BCUT2D eigenvalue weighted by Crippen LogP contribution is -2.53. The van der Waals surface area contributed by atoms with Gasteiger partial charge in [-0.15, -0.1) is 6.42 Å². The number of hydrogen-bond acceptors (Lipinski definition) is 6. The van der Waals surface area contributed by atoms with Crippen LogP contribution in [0.25, 0.3) is 0 Å². The highest BCUT2D eigenvalue weighted by atomic mass is 16.5. The summed E-state index contributed by atoms with van der Waals surface area (Å²) in [5, 5.41) is 18.0. The van der Waals surface area contributed by atoms with Gasteiger partial charge in [0.1, 0.15) is 11.7 Å². The van der Waals surface area contributed by atoms with Crippen molar-refractivity contribution in [3.8, 4) is 18.2 Å². The van der Waals surface area contributed by atoms with E-state index in [4.69, 9.17) is 20.9 Å². The van der Waals surface area contributed by atoms with Crippen molar-refractivity contribution in [1.82, 2.24) is 15.6 Å². The molecule has 0 bridgehead atoms. The molecule has 1 aromatic carbocycles. The Balaban J connectivity index is 1.53. The van der Waals surface area contributed by atoms with Gasteiger partial charge in [-0.2, -0.15) is 0 Å². The minimum absolute atomic E-state index is 0.00450. The maximum Gasteiger partial charge on any atom is 0.249 e. The van der Waals surface area contributed by atoms with Gasteiger partial charge in [0.2, 0.25) is 11.8 Å². The number of aromatic nitrogens is 1. The molecule has 1 aliphatic heterocycles. The molecule has 1 unspecified atom stereocenters. The van der Waals surface area contributed by atoms with E-state index in [-0.39, 0.29) is 23.0 Å². The molecule has 4 rings (SSSR count). The monoisotopic (exact) mass is 533 g/mol. The number of ether oxygens (including phenoxy) is 2. The van der Waals surface area contributed by atoms with Crippen molar-refractivity contribution in [2.45, 2.75) is 96.1 Å². The average molecular weight is 534 g/mol. The van der Waals surface area contributed by atoms with E-state index in [1.54, 1.807) is 6.92 Å². The standard InChI is InChI=1S/C32H43N3O4/c1-7-22-10-8-11-23(14-22)16-26(35-29(37)21(2)38-6)28(36)20-33-27-18-32(12-9-13-32)39-30-25(27)15-24(19-34-30)17-31(3,4)5/h1,8,10-11,14-15,19,21,26-28,33,36H,9,12-13,16-18,20H2,2-6H3,(H,35,37)/t21?,26-,27-,28+/m0/s1.